The molecule has 0 aliphatic heterocycles. The molecule has 2 amide bonds. The van der Waals surface area contributed by atoms with E-state index in [9.17, 15) is 14.7 Å². The zero-order valence-corrected chi connectivity index (χ0v) is 18.5. The fraction of sp³-hybridized carbons (Fsp3) is 0.231. The molecule has 3 aromatic carbocycles. The highest BCUT2D eigenvalue weighted by molar-refractivity contribution is 6.02. The van der Waals surface area contributed by atoms with Crippen molar-refractivity contribution in [2.45, 2.75) is 18.6 Å². The van der Waals surface area contributed by atoms with Gasteiger partial charge in [0.05, 0.1) is 6.61 Å². The van der Waals surface area contributed by atoms with Crippen molar-refractivity contribution in [3.63, 3.8) is 0 Å². The van der Waals surface area contributed by atoms with Gasteiger partial charge in [0.2, 0.25) is 0 Å². The lowest BCUT2D eigenvalue weighted by Gasteiger charge is -2.28. The summed E-state index contributed by atoms with van der Waals surface area (Å²) in [6.45, 7) is -0.275. The van der Waals surface area contributed by atoms with Crippen LogP contribution in [0.5, 0.6) is 11.5 Å². The second-order valence-electron chi connectivity index (χ2n) is 7.27. The maximum atomic E-state index is 12.7. The lowest BCUT2D eigenvalue weighted by molar-refractivity contribution is 0.00377. The highest BCUT2D eigenvalue weighted by Crippen LogP contribution is 2.30. The van der Waals surface area contributed by atoms with E-state index in [1.54, 1.807) is 78.9 Å². The van der Waals surface area contributed by atoms with Crippen LogP contribution in [0.4, 0.5) is 4.79 Å². The number of imide groups is 1. The van der Waals surface area contributed by atoms with Crippen molar-refractivity contribution in [2.75, 3.05) is 19.8 Å². The molecule has 0 heterocycles. The van der Waals surface area contributed by atoms with Crippen LogP contribution in [0.2, 0.25) is 0 Å². The second-order valence-corrected chi connectivity index (χ2v) is 7.27. The zero-order valence-electron chi connectivity index (χ0n) is 18.5. The van der Waals surface area contributed by atoms with Crippen LogP contribution in [-0.4, -0.2) is 48.1 Å². The van der Waals surface area contributed by atoms with Crippen LogP contribution in [0.3, 0.4) is 0 Å². The summed E-state index contributed by atoms with van der Waals surface area (Å²) in [5, 5.41) is 20.9. The Morgan fingerprint density at radius 2 is 1.50 bits per heavy atom. The van der Waals surface area contributed by atoms with Crippen molar-refractivity contribution in [1.82, 2.24) is 5.32 Å². The third-order valence-electron chi connectivity index (χ3n) is 4.81. The minimum Gasteiger partial charge on any atom is -0.491 e. The minimum absolute atomic E-state index is 0.0988. The molecule has 3 rings (SSSR count). The number of aliphatic hydroxyl groups excluding tert-OH is 2. The van der Waals surface area contributed by atoms with Gasteiger partial charge in [-0.25, -0.2) is 4.79 Å². The number of ether oxygens (including phenoxy) is 3. The Morgan fingerprint density at radius 1 is 0.824 bits per heavy atom. The second kappa shape index (κ2) is 13.0. The van der Waals surface area contributed by atoms with Gasteiger partial charge in [0, 0.05) is 18.6 Å². The van der Waals surface area contributed by atoms with Crippen molar-refractivity contribution >= 4 is 12.0 Å². The van der Waals surface area contributed by atoms with Gasteiger partial charge in [-0.05, 0) is 42.0 Å². The molecule has 3 aromatic rings. The molecule has 0 saturated carbocycles. The Balaban J connectivity index is 1.85. The van der Waals surface area contributed by atoms with Gasteiger partial charge in [-0.15, -0.1) is 0 Å². The Hall–Kier alpha value is -3.88. The number of para-hydroxylation sites is 1. The Labute approximate surface area is 197 Å². The van der Waals surface area contributed by atoms with Gasteiger partial charge in [-0.1, -0.05) is 48.5 Å². The topological polar surface area (TPSA) is 114 Å². The number of nitrogens with one attached hydrogen (secondary N) is 1. The smallest absolute Gasteiger partial charge is 0.414 e. The lowest BCUT2D eigenvalue weighted by atomic mass is 10.0. The van der Waals surface area contributed by atoms with Crippen molar-refractivity contribution in [3.8, 4) is 11.5 Å². The molecule has 0 aliphatic rings. The number of aliphatic hydroxyl groups is 2. The largest absolute Gasteiger partial charge is 0.491 e. The van der Waals surface area contributed by atoms with E-state index in [0.29, 0.717) is 22.6 Å². The third kappa shape index (κ3) is 7.33. The van der Waals surface area contributed by atoms with Gasteiger partial charge < -0.3 is 24.4 Å². The first-order chi connectivity index (χ1) is 16.6. The van der Waals surface area contributed by atoms with Crippen molar-refractivity contribution in [1.29, 1.82) is 0 Å². The maximum Gasteiger partial charge on any atom is 0.414 e. The maximum absolute atomic E-state index is 12.7. The van der Waals surface area contributed by atoms with Gasteiger partial charge in [-0.3, -0.25) is 10.1 Å². The predicted molar refractivity (Wildman–Crippen MR) is 125 cm³/mol. The molecule has 0 aromatic heterocycles. The molecule has 8 heteroatoms. The fourth-order valence-electron chi connectivity index (χ4n) is 3.28. The van der Waals surface area contributed by atoms with E-state index in [-0.39, 0.29) is 26.2 Å². The van der Waals surface area contributed by atoms with Gasteiger partial charge in [0.1, 0.15) is 24.2 Å². The van der Waals surface area contributed by atoms with E-state index < -0.39 is 24.2 Å². The van der Waals surface area contributed by atoms with E-state index in [1.165, 1.54) is 0 Å². The van der Waals surface area contributed by atoms with E-state index in [4.69, 9.17) is 19.3 Å². The molecule has 178 valence electrons. The molecule has 34 heavy (non-hydrogen) atoms. The molecular formula is C26H27NO7. The van der Waals surface area contributed by atoms with Crippen molar-refractivity contribution in [2.24, 2.45) is 0 Å². The number of hydrogen-bond acceptors (Lipinski definition) is 7. The number of carbonyl (C=O) groups is 2. The summed E-state index contributed by atoms with van der Waals surface area (Å²) in [6, 6.07) is 24.0. The monoisotopic (exact) mass is 465 g/mol. The Morgan fingerprint density at radius 3 is 2.18 bits per heavy atom. The molecule has 0 aliphatic carbocycles. The van der Waals surface area contributed by atoms with Crippen molar-refractivity contribution < 1.29 is 34.0 Å². The normalized spacial score (nSPS) is 12.3. The zero-order chi connectivity index (χ0) is 24.2. The van der Waals surface area contributed by atoms with E-state index in [0.717, 1.165) is 0 Å². The number of alkyl carbamates (subject to hydrolysis) is 1. The Kier molecular flexibility index (Phi) is 9.45. The molecule has 3 N–H and O–H groups in total. The minimum atomic E-state index is -0.978. The molecule has 8 nitrogen and oxygen atoms in total. The molecule has 0 bridgehead atoms. The van der Waals surface area contributed by atoms with Gasteiger partial charge in [0.25, 0.3) is 5.91 Å². The van der Waals surface area contributed by atoms with E-state index >= 15 is 0 Å². The fourth-order valence-corrected chi connectivity index (χ4v) is 3.28. The SMILES string of the molecule is O=C(NC(=O)c1ccccc1)O[C@H](c1cccc(OCCO)c1)[C@@H](CCO)Oc1ccccc1. The van der Waals surface area contributed by atoms with Crippen LogP contribution in [0.15, 0.2) is 84.9 Å². The highest BCUT2D eigenvalue weighted by atomic mass is 16.6. The summed E-state index contributed by atoms with van der Waals surface area (Å²) >= 11 is 0. The van der Waals surface area contributed by atoms with Gasteiger partial charge >= 0.3 is 6.09 Å². The van der Waals surface area contributed by atoms with Crippen LogP contribution in [0, 0.1) is 0 Å². The van der Waals surface area contributed by atoms with Crippen LogP contribution in [0.1, 0.15) is 28.4 Å². The number of rotatable bonds is 11. The van der Waals surface area contributed by atoms with Crippen molar-refractivity contribution in [3.05, 3.63) is 96.1 Å². The first kappa shape index (κ1) is 24.8. The van der Waals surface area contributed by atoms with Crippen LogP contribution in [0.25, 0.3) is 0 Å². The summed E-state index contributed by atoms with van der Waals surface area (Å²) in [5.41, 5.74) is 0.843. The standard InChI is InChI=1S/C26H27NO7/c28-15-14-23(33-21-11-5-2-6-12-21)24(20-10-7-13-22(18-20)32-17-16-29)34-26(31)27-25(30)19-8-3-1-4-9-19/h1-13,18,23-24,28-29H,14-17H2,(H,27,30,31)/t23-,24-/m1/s1. The average molecular weight is 466 g/mol. The van der Waals surface area contributed by atoms with Crippen LogP contribution < -0.4 is 14.8 Å². The third-order valence-corrected chi connectivity index (χ3v) is 4.81. The molecule has 0 fully saturated rings. The molecular weight excluding hydrogens is 438 g/mol. The van der Waals surface area contributed by atoms with Crippen LogP contribution in [-0.2, 0) is 4.74 Å². The number of benzene rings is 3. The first-order valence-electron chi connectivity index (χ1n) is 10.8. The summed E-state index contributed by atoms with van der Waals surface area (Å²) < 4.78 is 17.2. The summed E-state index contributed by atoms with van der Waals surface area (Å²) in [6.07, 6.45) is -2.55. The number of hydrogen-bond donors (Lipinski definition) is 3. The van der Waals surface area contributed by atoms with E-state index in [1.807, 2.05) is 6.07 Å². The molecule has 0 radical (unpaired) electrons. The Bertz CT molecular complexity index is 1040. The van der Waals surface area contributed by atoms with Crippen LogP contribution >= 0.6 is 0 Å². The predicted octanol–water partition coefficient (Wildman–Crippen LogP) is 3.50. The molecule has 0 unspecified atom stereocenters. The first-order valence-corrected chi connectivity index (χ1v) is 10.8. The summed E-state index contributed by atoms with van der Waals surface area (Å²) in [7, 11) is 0. The quantitative estimate of drug-likeness (QED) is 0.397. The highest BCUT2D eigenvalue weighted by Gasteiger charge is 2.30. The average Bonchev–Trinajstić information content (AvgIpc) is 2.87. The summed E-state index contributed by atoms with van der Waals surface area (Å²) in [4.78, 5) is 25.1. The lowest BCUT2D eigenvalue weighted by Crippen LogP contribution is -2.36. The molecule has 0 spiro atoms. The number of carbonyl (C=O) groups excluding carboxylic acids is 2. The van der Waals surface area contributed by atoms with Gasteiger partial charge in [-0.2, -0.15) is 0 Å². The van der Waals surface area contributed by atoms with E-state index in [2.05, 4.69) is 5.32 Å². The summed E-state index contributed by atoms with van der Waals surface area (Å²) in [5.74, 6) is 0.387. The molecule has 2 atom stereocenters. The molecule has 0 saturated heterocycles. The van der Waals surface area contributed by atoms with Gasteiger partial charge in [0.15, 0.2) is 6.10 Å². The number of amides is 2.